The van der Waals surface area contributed by atoms with Crippen LogP contribution in [0.3, 0.4) is 0 Å². The van der Waals surface area contributed by atoms with Gasteiger partial charge in [0.1, 0.15) is 5.82 Å². The van der Waals surface area contributed by atoms with Gasteiger partial charge in [0.25, 0.3) is 0 Å². The monoisotopic (exact) mass is 255 g/mol. The standard InChI is InChI=1S/C12H18FN3O2/c1-18-8-11(6-7-14)16-12(17)15-10-4-2-9(13)3-5-10/h2-5,11H,6-8,14H2,1H3,(H2,15,16,17). The summed E-state index contributed by atoms with van der Waals surface area (Å²) in [4.78, 5) is 11.6. The molecule has 1 unspecified atom stereocenters. The minimum atomic E-state index is -0.364. The second-order valence-corrected chi connectivity index (χ2v) is 3.83. The topological polar surface area (TPSA) is 76.4 Å². The molecule has 1 aromatic rings. The fourth-order valence-electron chi connectivity index (χ4n) is 1.49. The number of hydrogen-bond donors (Lipinski definition) is 3. The average Bonchev–Trinajstić information content (AvgIpc) is 2.33. The van der Waals surface area contributed by atoms with Crippen LogP contribution in [0, 0.1) is 5.82 Å². The number of nitrogens with one attached hydrogen (secondary N) is 2. The van der Waals surface area contributed by atoms with Gasteiger partial charge in [-0.3, -0.25) is 0 Å². The summed E-state index contributed by atoms with van der Waals surface area (Å²) < 4.78 is 17.7. The number of carbonyl (C=O) groups excluding carboxylic acids is 1. The number of ether oxygens (including phenoxy) is 1. The van der Waals surface area contributed by atoms with Gasteiger partial charge in [0.05, 0.1) is 12.6 Å². The number of amides is 2. The van der Waals surface area contributed by atoms with Gasteiger partial charge in [-0.1, -0.05) is 0 Å². The van der Waals surface area contributed by atoms with Gasteiger partial charge in [0.15, 0.2) is 0 Å². The molecule has 0 aliphatic rings. The lowest BCUT2D eigenvalue weighted by molar-refractivity contribution is 0.164. The molecular weight excluding hydrogens is 237 g/mol. The van der Waals surface area contributed by atoms with E-state index in [2.05, 4.69) is 10.6 Å². The molecule has 0 aliphatic carbocycles. The fraction of sp³-hybridized carbons (Fsp3) is 0.417. The van der Waals surface area contributed by atoms with E-state index < -0.39 is 0 Å². The minimum absolute atomic E-state index is 0.138. The van der Waals surface area contributed by atoms with Crippen molar-refractivity contribution in [2.75, 3.05) is 25.6 Å². The van der Waals surface area contributed by atoms with E-state index in [0.29, 0.717) is 25.3 Å². The van der Waals surface area contributed by atoms with Crippen LogP contribution in [0.4, 0.5) is 14.9 Å². The zero-order valence-corrected chi connectivity index (χ0v) is 10.3. The third-order valence-corrected chi connectivity index (χ3v) is 2.32. The Hall–Kier alpha value is -1.66. The molecule has 0 saturated carbocycles. The number of methoxy groups -OCH3 is 1. The first-order valence-corrected chi connectivity index (χ1v) is 5.67. The molecule has 18 heavy (non-hydrogen) atoms. The Morgan fingerprint density at radius 2 is 2.11 bits per heavy atom. The van der Waals surface area contributed by atoms with Crippen LogP contribution in [-0.4, -0.2) is 32.3 Å². The van der Waals surface area contributed by atoms with Crippen molar-refractivity contribution in [3.63, 3.8) is 0 Å². The summed E-state index contributed by atoms with van der Waals surface area (Å²) >= 11 is 0. The van der Waals surface area contributed by atoms with E-state index in [1.54, 1.807) is 7.11 Å². The zero-order chi connectivity index (χ0) is 13.4. The molecule has 2 amide bonds. The van der Waals surface area contributed by atoms with Crippen molar-refractivity contribution in [1.82, 2.24) is 5.32 Å². The summed E-state index contributed by atoms with van der Waals surface area (Å²) in [5, 5.41) is 5.34. The summed E-state index contributed by atoms with van der Waals surface area (Å²) in [6.45, 7) is 0.860. The number of halogens is 1. The Kier molecular flexibility index (Phi) is 6.10. The maximum atomic E-state index is 12.7. The predicted molar refractivity (Wildman–Crippen MR) is 67.9 cm³/mol. The van der Waals surface area contributed by atoms with Crippen molar-refractivity contribution in [2.45, 2.75) is 12.5 Å². The van der Waals surface area contributed by atoms with E-state index in [1.165, 1.54) is 24.3 Å². The van der Waals surface area contributed by atoms with E-state index in [9.17, 15) is 9.18 Å². The molecule has 0 aliphatic heterocycles. The van der Waals surface area contributed by atoms with Gasteiger partial charge in [-0.05, 0) is 37.2 Å². The SMILES string of the molecule is COCC(CCN)NC(=O)Nc1ccc(F)cc1. The van der Waals surface area contributed by atoms with Crippen LogP contribution < -0.4 is 16.4 Å². The first-order chi connectivity index (χ1) is 8.65. The first kappa shape index (κ1) is 14.4. The lowest BCUT2D eigenvalue weighted by Crippen LogP contribution is -2.41. The fourth-order valence-corrected chi connectivity index (χ4v) is 1.49. The van der Waals surface area contributed by atoms with Gasteiger partial charge in [0.2, 0.25) is 0 Å². The first-order valence-electron chi connectivity index (χ1n) is 5.67. The number of rotatable bonds is 6. The van der Waals surface area contributed by atoms with Crippen molar-refractivity contribution >= 4 is 11.7 Å². The maximum absolute atomic E-state index is 12.7. The minimum Gasteiger partial charge on any atom is -0.383 e. The molecular formula is C12H18FN3O2. The Balaban J connectivity index is 2.46. The molecule has 0 saturated heterocycles. The molecule has 1 rings (SSSR count). The molecule has 0 fully saturated rings. The van der Waals surface area contributed by atoms with E-state index in [-0.39, 0.29) is 17.9 Å². The molecule has 100 valence electrons. The lowest BCUT2D eigenvalue weighted by Gasteiger charge is -2.17. The quantitative estimate of drug-likeness (QED) is 0.717. The molecule has 6 heteroatoms. The van der Waals surface area contributed by atoms with Crippen molar-refractivity contribution in [3.8, 4) is 0 Å². The van der Waals surface area contributed by atoms with Crippen LogP contribution in [0.5, 0.6) is 0 Å². The number of carbonyl (C=O) groups is 1. The van der Waals surface area contributed by atoms with Crippen molar-refractivity contribution in [3.05, 3.63) is 30.1 Å². The molecule has 0 bridgehead atoms. The van der Waals surface area contributed by atoms with Gasteiger partial charge in [-0.25, -0.2) is 9.18 Å². The normalized spacial score (nSPS) is 11.9. The summed E-state index contributed by atoms with van der Waals surface area (Å²) in [5.41, 5.74) is 5.96. The molecule has 5 nitrogen and oxygen atoms in total. The van der Waals surface area contributed by atoms with Crippen molar-refractivity contribution in [2.24, 2.45) is 5.73 Å². The zero-order valence-electron chi connectivity index (χ0n) is 10.3. The molecule has 4 N–H and O–H groups in total. The summed E-state index contributed by atoms with van der Waals surface area (Å²) in [6.07, 6.45) is 0.630. The summed E-state index contributed by atoms with van der Waals surface area (Å²) in [6, 6.07) is 5.04. The average molecular weight is 255 g/mol. The number of benzene rings is 1. The highest BCUT2D eigenvalue weighted by molar-refractivity contribution is 5.89. The predicted octanol–water partition coefficient (Wildman–Crippen LogP) is 1.31. The van der Waals surface area contributed by atoms with Crippen molar-refractivity contribution < 1.29 is 13.9 Å². The number of nitrogens with two attached hydrogens (primary N) is 1. The third kappa shape index (κ3) is 5.11. The Labute approximate surface area is 106 Å². The summed E-state index contributed by atoms with van der Waals surface area (Å²) in [5.74, 6) is -0.346. The Bertz CT molecular complexity index is 364. The molecule has 1 atom stereocenters. The highest BCUT2D eigenvalue weighted by Gasteiger charge is 2.11. The van der Waals surface area contributed by atoms with Crippen LogP contribution in [0.15, 0.2) is 24.3 Å². The maximum Gasteiger partial charge on any atom is 0.319 e. The van der Waals surface area contributed by atoms with Gasteiger partial charge >= 0.3 is 6.03 Å². The number of hydrogen-bond acceptors (Lipinski definition) is 3. The van der Waals surface area contributed by atoms with E-state index in [1.807, 2.05) is 0 Å². The van der Waals surface area contributed by atoms with Crippen LogP contribution in [-0.2, 0) is 4.74 Å². The van der Waals surface area contributed by atoms with Crippen molar-refractivity contribution in [1.29, 1.82) is 0 Å². The highest BCUT2D eigenvalue weighted by atomic mass is 19.1. The van der Waals surface area contributed by atoms with E-state index in [0.717, 1.165) is 0 Å². The number of urea groups is 1. The molecule has 0 aromatic heterocycles. The Morgan fingerprint density at radius 1 is 1.44 bits per heavy atom. The van der Waals surface area contributed by atoms with Gasteiger partial charge in [0, 0.05) is 12.8 Å². The second-order valence-electron chi connectivity index (χ2n) is 3.83. The third-order valence-electron chi connectivity index (χ3n) is 2.32. The van der Waals surface area contributed by atoms with Crippen LogP contribution in [0.2, 0.25) is 0 Å². The van der Waals surface area contributed by atoms with Gasteiger partial charge in [-0.15, -0.1) is 0 Å². The van der Waals surface area contributed by atoms with Crippen LogP contribution in [0.1, 0.15) is 6.42 Å². The smallest absolute Gasteiger partial charge is 0.319 e. The second kappa shape index (κ2) is 7.62. The largest absolute Gasteiger partial charge is 0.383 e. The van der Waals surface area contributed by atoms with Gasteiger partial charge < -0.3 is 21.1 Å². The molecule has 0 heterocycles. The number of anilines is 1. The van der Waals surface area contributed by atoms with Crippen LogP contribution >= 0.6 is 0 Å². The molecule has 1 aromatic carbocycles. The van der Waals surface area contributed by atoms with E-state index in [4.69, 9.17) is 10.5 Å². The lowest BCUT2D eigenvalue weighted by atomic mass is 10.2. The van der Waals surface area contributed by atoms with Gasteiger partial charge in [-0.2, -0.15) is 0 Å². The van der Waals surface area contributed by atoms with Crippen LogP contribution in [0.25, 0.3) is 0 Å². The van der Waals surface area contributed by atoms with E-state index >= 15 is 0 Å². The molecule has 0 radical (unpaired) electrons. The highest BCUT2D eigenvalue weighted by Crippen LogP contribution is 2.07. The Morgan fingerprint density at radius 3 is 2.67 bits per heavy atom. The molecule has 0 spiro atoms. The summed E-state index contributed by atoms with van der Waals surface area (Å²) in [7, 11) is 1.56.